The lowest BCUT2D eigenvalue weighted by Crippen LogP contribution is -2.19. The van der Waals surface area contributed by atoms with E-state index >= 15 is 0 Å². The van der Waals surface area contributed by atoms with E-state index in [0.29, 0.717) is 29.1 Å². The minimum Gasteiger partial charge on any atom is -0.389 e. The third-order valence-electron chi connectivity index (χ3n) is 6.55. The van der Waals surface area contributed by atoms with Crippen molar-refractivity contribution in [3.8, 4) is 17.2 Å². The van der Waals surface area contributed by atoms with Crippen LogP contribution in [0.15, 0.2) is 104 Å². The van der Waals surface area contributed by atoms with Crippen molar-refractivity contribution in [1.29, 1.82) is 5.26 Å². The Morgan fingerprint density at radius 2 is 1.31 bits per heavy atom. The number of nitrogen functional groups attached to an aromatic ring is 1. The van der Waals surface area contributed by atoms with Crippen molar-refractivity contribution in [1.82, 2.24) is 0 Å². The normalized spacial score (nSPS) is 12.2. The number of rotatable bonds is 8. The first-order valence-corrected chi connectivity index (χ1v) is 18.1. The molecule has 5 aromatic rings. The van der Waals surface area contributed by atoms with Crippen LogP contribution in [0, 0.1) is 11.3 Å². The number of hydrogen-bond donors (Lipinski definition) is 6. The molecule has 0 fully saturated rings. The Morgan fingerprint density at radius 3 is 1.88 bits per heavy atom. The summed E-state index contributed by atoms with van der Waals surface area (Å²) >= 11 is 0.838. The number of anilines is 3. The third-order valence-corrected chi connectivity index (χ3v) is 10.1. The van der Waals surface area contributed by atoms with Gasteiger partial charge in [-0.3, -0.25) is 13.7 Å². The Bertz CT molecular complexity index is 2510. The van der Waals surface area contributed by atoms with E-state index in [0.717, 1.165) is 23.5 Å². The Kier molecular flexibility index (Phi) is 9.04. The fraction of sp³-hybridized carbons (Fsp3) is 0. The van der Waals surface area contributed by atoms with Gasteiger partial charge in [0.25, 0.3) is 30.4 Å². The quantitative estimate of drug-likeness (QED) is 0.0814. The SMILES string of the molecule is N#Cc1c(N)sc(/N=N/c2cc(S(=O)(=O)O)c3cc(S(=O)(=O)O)cc(S(=O)(=O)O)c3c2)c1-c1ccc(NC(=O)Nc2ccccc2)cc1. The van der Waals surface area contributed by atoms with E-state index in [1.165, 1.54) is 0 Å². The van der Waals surface area contributed by atoms with Gasteiger partial charge in [0.05, 0.1) is 16.1 Å². The van der Waals surface area contributed by atoms with Crippen LogP contribution in [0.5, 0.6) is 0 Å². The Labute approximate surface area is 276 Å². The van der Waals surface area contributed by atoms with Crippen molar-refractivity contribution >= 4 is 85.6 Å². The summed E-state index contributed by atoms with van der Waals surface area (Å²) in [5, 5.41) is 22.0. The molecule has 16 nitrogen and oxygen atoms in total. The number of nitrogens with two attached hydrogens (primary N) is 1. The molecule has 0 aliphatic rings. The number of amides is 2. The summed E-state index contributed by atoms with van der Waals surface area (Å²) in [6.07, 6.45) is 0. The molecule has 0 aliphatic carbocycles. The number of benzene rings is 4. The van der Waals surface area contributed by atoms with Gasteiger partial charge in [0.15, 0.2) is 0 Å². The molecule has 0 unspecified atom stereocenters. The van der Waals surface area contributed by atoms with E-state index < -0.39 is 61.8 Å². The van der Waals surface area contributed by atoms with Gasteiger partial charge in [0.2, 0.25) is 0 Å². The highest BCUT2D eigenvalue weighted by molar-refractivity contribution is 7.87. The lowest BCUT2D eigenvalue weighted by molar-refractivity contribution is 0.262. The molecule has 0 spiro atoms. The number of urea groups is 1. The van der Waals surface area contributed by atoms with E-state index in [4.69, 9.17) is 5.73 Å². The molecule has 1 heterocycles. The highest BCUT2D eigenvalue weighted by Crippen LogP contribution is 2.45. The molecule has 0 aliphatic heterocycles. The Morgan fingerprint density at radius 1 is 0.750 bits per heavy atom. The van der Waals surface area contributed by atoms with Gasteiger partial charge in [-0.15, -0.1) is 10.2 Å². The Hall–Kier alpha value is -5.27. The first-order chi connectivity index (χ1) is 22.5. The Balaban J connectivity index is 1.57. The molecule has 0 radical (unpaired) electrons. The van der Waals surface area contributed by atoms with Crippen LogP contribution in [0.2, 0.25) is 0 Å². The van der Waals surface area contributed by atoms with Gasteiger partial charge >= 0.3 is 6.03 Å². The predicted molar refractivity (Wildman–Crippen MR) is 176 cm³/mol. The first kappa shape index (κ1) is 34.1. The standard InChI is InChI=1S/C28H20N6O10S4/c29-14-22-25(15-6-8-17(9-7-15)32-28(35)31-16-4-2-1-3-5-16)27(45-26(22)30)34-33-18-10-20-21(23(11-18)47(39,40)41)12-19(46(36,37)38)13-24(20)48(42,43)44/h1-13H,30H2,(H2,31,32,35)(H,36,37,38)(H,39,40,41)(H,42,43,44)/b34-33+. The monoisotopic (exact) mass is 728 g/mol. The average molecular weight is 729 g/mol. The van der Waals surface area contributed by atoms with Crippen molar-refractivity contribution < 1.29 is 43.7 Å². The molecule has 0 saturated carbocycles. The summed E-state index contributed by atoms with van der Waals surface area (Å²) in [7, 11) is -15.5. The number of azo groups is 1. The van der Waals surface area contributed by atoms with Crippen LogP contribution in [0.25, 0.3) is 21.9 Å². The number of para-hydroxylation sites is 1. The van der Waals surface area contributed by atoms with Gasteiger partial charge < -0.3 is 16.4 Å². The zero-order valence-electron chi connectivity index (χ0n) is 23.8. The summed E-state index contributed by atoms with van der Waals surface area (Å²) in [6.45, 7) is 0. The minimum absolute atomic E-state index is 0.0278. The number of nitriles is 1. The first-order valence-electron chi connectivity index (χ1n) is 13.0. The molecule has 7 N–H and O–H groups in total. The summed E-state index contributed by atoms with van der Waals surface area (Å²) < 4.78 is 102. The number of nitrogens with zero attached hydrogens (tertiary/aromatic N) is 3. The maximum Gasteiger partial charge on any atom is 0.323 e. The molecule has 20 heteroatoms. The molecule has 48 heavy (non-hydrogen) atoms. The maximum absolute atomic E-state index is 12.4. The number of nitrogens with one attached hydrogen (secondary N) is 2. The topological polar surface area (TPSA) is 279 Å². The van der Waals surface area contributed by atoms with Gasteiger partial charge in [-0.2, -0.15) is 30.5 Å². The largest absolute Gasteiger partial charge is 0.389 e. The molecule has 4 aromatic carbocycles. The molecule has 0 bridgehead atoms. The van der Waals surface area contributed by atoms with Crippen molar-refractivity contribution in [3.05, 3.63) is 84.4 Å². The predicted octanol–water partition coefficient (Wildman–Crippen LogP) is 5.82. The average Bonchev–Trinajstić information content (AvgIpc) is 3.33. The smallest absolute Gasteiger partial charge is 0.323 e. The van der Waals surface area contributed by atoms with E-state index in [1.807, 2.05) is 6.07 Å². The highest BCUT2D eigenvalue weighted by Gasteiger charge is 2.26. The third kappa shape index (κ3) is 7.32. The van der Waals surface area contributed by atoms with Crippen LogP contribution < -0.4 is 16.4 Å². The van der Waals surface area contributed by atoms with E-state index in [2.05, 4.69) is 20.9 Å². The molecular weight excluding hydrogens is 709 g/mol. The van der Waals surface area contributed by atoms with E-state index in [1.54, 1.807) is 54.6 Å². The zero-order chi connectivity index (χ0) is 35.0. The summed E-state index contributed by atoms with van der Waals surface area (Å²) in [6, 6.07) is 19.1. The second-order valence-electron chi connectivity index (χ2n) is 9.74. The molecular formula is C28H20N6O10S4. The van der Waals surface area contributed by atoms with Gasteiger partial charge in [-0.05, 0) is 54.1 Å². The van der Waals surface area contributed by atoms with Gasteiger partial charge in [-0.25, -0.2) is 4.79 Å². The number of hydrogen-bond acceptors (Lipinski definition) is 12. The summed E-state index contributed by atoms with van der Waals surface area (Å²) in [5.41, 5.74) is 7.30. The van der Waals surface area contributed by atoms with Crippen molar-refractivity contribution in [2.45, 2.75) is 14.7 Å². The second kappa shape index (κ2) is 12.7. The molecule has 0 saturated heterocycles. The van der Waals surface area contributed by atoms with Gasteiger partial charge in [-0.1, -0.05) is 41.7 Å². The van der Waals surface area contributed by atoms with Gasteiger partial charge in [0, 0.05) is 27.7 Å². The van der Waals surface area contributed by atoms with Crippen LogP contribution in [0.4, 0.5) is 31.9 Å². The minimum atomic E-state index is -5.24. The number of carbonyl (C=O) groups is 1. The number of carbonyl (C=O) groups excluding carboxylic acids is 1. The van der Waals surface area contributed by atoms with Crippen LogP contribution in [0.3, 0.4) is 0 Å². The van der Waals surface area contributed by atoms with Crippen LogP contribution in [-0.2, 0) is 30.4 Å². The van der Waals surface area contributed by atoms with Crippen molar-refractivity contribution in [2.24, 2.45) is 10.2 Å². The fourth-order valence-corrected chi connectivity index (χ4v) is 7.42. The summed E-state index contributed by atoms with van der Waals surface area (Å²) in [4.78, 5) is 9.15. The maximum atomic E-state index is 12.4. The molecule has 1 aromatic heterocycles. The lowest BCUT2D eigenvalue weighted by atomic mass is 10.0. The number of fused-ring (bicyclic) bond motifs is 1. The van der Waals surface area contributed by atoms with Crippen molar-refractivity contribution in [2.75, 3.05) is 16.4 Å². The van der Waals surface area contributed by atoms with E-state index in [9.17, 15) is 49.0 Å². The van der Waals surface area contributed by atoms with Crippen molar-refractivity contribution in [3.63, 3.8) is 0 Å². The number of thiophene rings is 1. The molecule has 2 amide bonds. The van der Waals surface area contributed by atoms with Crippen LogP contribution in [0.1, 0.15) is 5.56 Å². The summed E-state index contributed by atoms with van der Waals surface area (Å²) in [5.74, 6) is 0. The highest BCUT2D eigenvalue weighted by atomic mass is 32.2. The van der Waals surface area contributed by atoms with Crippen LogP contribution in [-0.4, -0.2) is 44.9 Å². The van der Waals surface area contributed by atoms with Crippen LogP contribution >= 0.6 is 11.3 Å². The second-order valence-corrected chi connectivity index (χ2v) is 15.0. The molecule has 0 atom stereocenters. The lowest BCUT2D eigenvalue weighted by Gasteiger charge is -2.11. The fourth-order valence-electron chi connectivity index (χ4n) is 4.51. The van der Waals surface area contributed by atoms with E-state index in [-0.39, 0.29) is 26.8 Å². The molecule has 246 valence electrons. The zero-order valence-corrected chi connectivity index (χ0v) is 27.0. The van der Waals surface area contributed by atoms with Gasteiger partial charge in [0.1, 0.15) is 25.9 Å². The molecule has 5 rings (SSSR count).